The van der Waals surface area contributed by atoms with Crippen LogP contribution in [0, 0.1) is 5.92 Å². The molecule has 6 heteroatoms. The van der Waals surface area contributed by atoms with E-state index in [2.05, 4.69) is 22.8 Å². The van der Waals surface area contributed by atoms with Gasteiger partial charge in [0.25, 0.3) is 0 Å². The van der Waals surface area contributed by atoms with Gasteiger partial charge >= 0.3 is 0 Å². The van der Waals surface area contributed by atoms with Gasteiger partial charge in [-0.2, -0.15) is 0 Å². The van der Waals surface area contributed by atoms with Crippen LogP contribution in [0.2, 0.25) is 0 Å². The highest BCUT2D eigenvalue weighted by atomic mass is 16.5. The third-order valence-corrected chi connectivity index (χ3v) is 6.30. The second kappa shape index (κ2) is 10.7. The fourth-order valence-corrected chi connectivity index (χ4v) is 4.31. The third kappa shape index (κ3) is 6.03. The van der Waals surface area contributed by atoms with E-state index in [-0.39, 0.29) is 29.9 Å². The fourth-order valence-electron chi connectivity index (χ4n) is 4.31. The molecule has 3 rings (SSSR count). The standard InChI is InChI=1S/C23H35N3O3/c1-17(24-2)22(27)25-21(19-11-7-4-8-12-19)23(28)26-14-13-20(15-26)29-16-18-9-5-3-6-10-18/h3,5-6,9-10,17,19-21,24H,4,7-8,11-16H2,1-2H3,(H,25,27)/t17-,20+,21-/m0/s1. The number of likely N-dealkylation sites (N-methyl/N-ethyl adjacent to an activating group) is 1. The zero-order valence-corrected chi connectivity index (χ0v) is 17.7. The van der Waals surface area contributed by atoms with Crippen molar-refractivity contribution in [3.05, 3.63) is 35.9 Å². The van der Waals surface area contributed by atoms with Crippen molar-refractivity contribution in [3.63, 3.8) is 0 Å². The summed E-state index contributed by atoms with van der Waals surface area (Å²) in [5.74, 6) is 0.181. The summed E-state index contributed by atoms with van der Waals surface area (Å²) in [6.45, 7) is 3.68. The number of ether oxygens (including phenoxy) is 1. The Balaban J connectivity index is 1.58. The van der Waals surface area contributed by atoms with Crippen molar-refractivity contribution in [1.82, 2.24) is 15.5 Å². The summed E-state index contributed by atoms with van der Waals surface area (Å²) in [7, 11) is 1.76. The second-order valence-electron chi connectivity index (χ2n) is 8.39. The van der Waals surface area contributed by atoms with Crippen LogP contribution in [-0.4, -0.2) is 55.0 Å². The van der Waals surface area contributed by atoms with Gasteiger partial charge in [0, 0.05) is 13.1 Å². The average Bonchev–Trinajstić information content (AvgIpc) is 3.25. The molecule has 0 bridgehead atoms. The molecule has 0 unspecified atom stereocenters. The lowest BCUT2D eigenvalue weighted by Crippen LogP contribution is -2.55. The highest BCUT2D eigenvalue weighted by Crippen LogP contribution is 2.28. The third-order valence-electron chi connectivity index (χ3n) is 6.30. The van der Waals surface area contributed by atoms with Gasteiger partial charge in [-0.1, -0.05) is 49.6 Å². The molecule has 6 nitrogen and oxygen atoms in total. The molecule has 1 aromatic carbocycles. The van der Waals surface area contributed by atoms with E-state index in [4.69, 9.17) is 4.74 Å². The first kappa shape index (κ1) is 21.8. The van der Waals surface area contributed by atoms with E-state index in [0.29, 0.717) is 19.7 Å². The molecule has 1 aliphatic heterocycles. The smallest absolute Gasteiger partial charge is 0.245 e. The van der Waals surface area contributed by atoms with Gasteiger partial charge in [0.2, 0.25) is 11.8 Å². The Labute approximate surface area is 174 Å². The van der Waals surface area contributed by atoms with E-state index in [9.17, 15) is 9.59 Å². The van der Waals surface area contributed by atoms with Crippen LogP contribution in [0.5, 0.6) is 0 Å². The van der Waals surface area contributed by atoms with Crippen LogP contribution in [0.15, 0.2) is 30.3 Å². The Bertz CT molecular complexity index is 661. The van der Waals surface area contributed by atoms with E-state index in [0.717, 1.165) is 37.7 Å². The van der Waals surface area contributed by atoms with Crippen LogP contribution in [0.4, 0.5) is 0 Å². The molecule has 2 fully saturated rings. The lowest BCUT2D eigenvalue weighted by Gasteiger charge is -2.33. The zero-order chi connectivity index (χ0) is 20.6. The van der Waals surface area contributed by atoms with Crippen LogP contribution >= 0.6 is 0 Å². The number of rotatable bonds is 8. The van der Waals surface area contributed by atoms with Crippen molar-refractivity contribution in [2.75, 3.05) is 20.1 Å². The average molecular weight is 402 g/mol. The SMILES string of the molecule is CN[C@@H](C)C(=O)N[C@H](C(=O)N1CC[C@@H](OCc2ccccc2)C1)C1CCCCC1. The fraction of sp³-hybridized carbons (Fsp3) is 0.652. The topological polar surface area (TPSA) is 70.7 Å². The minimum absolute atomic E-state index is 0.0538. The molecular formula is C23H35N3O3. The summed E-state index contributed by atoms with van der Waals surface area (Å²) in [5, 5.41) is 6.02. The molecule has 3 atom stereocenters. The van der Waals surface area contributed by atoms with Gasteiger partial charge in [0.15, 0.2) is 0 Å². The Hall–Kier alpha value is -1.92. The van der Waals surface area contributed by atoms with Gasteiger partial charge in [0.05, 0.1) is 18.8 Å². The van der Waals surface area contributed by atoms with Gasteiger partial charge in [-0.25, -0.2) is 0 Å². The molecule has 1 saturated carbocycles. The lowest BCUT2D eigenvalue weighted by atomic mass is 9.83. The Kier molecular flexibility index (Phi) is 8.07. The first-order chi connectivity index (χ1) is 14.1. The number of hydrogen-bond acceptors (Lipinski definition) is 4. The van der Waals surface area contributed by atoms with E-state index in [1.54, 1.807) is 7.05 Å². The summed E-state index contributed by atoms with van der Waals surface area (Å²) in [5.41, 5.74) is 1.14. The van der Waals surface area contributed by atoms with Gasteiger partial charge in [-0.3, -0.25) is 9.59 Å². The number of hydrogen-bond donors (Lipinski definition) is 2. The molecule has 1 heterocycles. The van der Waals surface area contributed by atoms with Crippen LogP contribution in [0.3, 0.4) is 0 Å². The van der Waals surface area contributed by atoms with Crippen molar-refractivity contribution in [2.45, 2.75) is 70.2 Å². The summed E-state index contributed by atoms with van der Waals surface area (Å²) in [6.07, 6.45) is 6.40. The molecule has 2 N–H and O–H groups in total. The molecule has 1 aliphatic carbocycles. The molecule has 2 aliphatic rings. The quantitative estimate of drug-likeness (QED) is 0.702. The molecule has 2 amide bonds. The molecule has 29 heavy (non-hydrogen) atoms. The Morgan fingerprint density at radius 2 is 1.86 bits per heavy atom. The number of benzene rings is 1. The maximum atomic E-state index is 13.3. The normalized spacial score (nSPS) is 22.3. The Morgan fingerprint density at radius 3 is 2.55 bits per heavy atom. The first-order valence-corrected chi connectivity index (χ1v) is 11.0. The summed E-state index contributed by atoms with van der Waals surface area (Å²) in [6, 6.07) is 9.37. The molecule has 0 aromatic heterocycles. The predicted octanol–water partition coefficient (Wildman–Crippen LogP) is 2.48. The van der Waals surface area contributed by atoms with Crippen molar-refractivity contribution in [3.8, 4) is 0 Å². The van der Waals surface area contributed by atoms with Crippen LogP contribution in [-0.2, 0) is 20.9 Å². The number of carbonyl (C=O) groups is 2. The molecule has 1 saturated heterocycles. The maximum absolute atomic E-state index is 13.3. The number of nitrogens with zero attached hydrogens (tertiary/aromatic N) is 1. The van der Waals surface area contributed by atoms with E-state index in [1.165, 1.54) is 6.42 Å². The number of carbonyl (C=O) groups excluding carboxylic acids is 2. The summed E-state index contributed by atoms with van der Waals surface area (Å²) < 4.78 is 6.04. The Morgan fingerprint density at radius 1 is 1.14 bits per heavy atom. The summed E-state index contributed by atoms with van der Waals surface area (Å²) in [4.78, 5) is 27.7. The highest BCUT2D eigenvalue weighted by molar-refractivity contribution is 5.90. The molecular weight excluding hydrogens is 366 g/mol. The minimum atomic E-state index is -0.425. The van der Waals surface area contributed by atoms with E-state index >= 15 is 0 Å². The molecule has 160 valence electrons. The minimum Gasteiger partial charge on any atom is -0.372 e. The predicted molar refractivity (Wildman–Crippen MR) is 113 cm³/mol. The molecule has 0 radical (unpaired) electrons. The molecule has 0 spiro atoms. The van der Waals surface area contributed by atoms with E-state index in [1.807, 2.05) is 30.0 Å². The largest absolute Gasteiger partial charge is 0.372 e. The highest BCUT2D eigenvalue weighted by Gasteiger charge is 2.37. The van der Waals surface area contributed by atoms with Gasteiger partial charge < -0.3 is 20.3 Å². The van der Waals surface area contributed by atoms with Crippen molar-refractivity contribution < 1.29 is 14.3 Å². The summed E-state index contributed by atoms with van der Waals surface area (Å²) >= 11 is 0. The van der Waals surface area contributed by atoms with Crippen molar-refractivity contribution >= 4 is 11.8 Å². The zero-order valence-electron chi connectivity index (χ0n) is 17.7. The monoisotopic (exact) mass is 401 g/mol. The van der Waals surface area contributed by atoms with Crippen LogP contribution in [0.25, 0.3) is 0 Å². The number of amides is 2. The van der Waals surface area contributed by atoms with Gasteiger partial charge in [-0.05, 0) is 44.7 Å². The maximum Gasteiger partial charge on any atom is 0.245 e. The van der Waals surface area contributed by atoms with Crippen LogP contribution in [0.1, 0.15) is 51.0 Å². The van der Waals surface area contributed by atoms with Crippen molar-refractivity contribution in [2.24, 2.45) is 5.92 Å². The first-order valence-electron chi connectivity index (χ1n) is 11.0. The van der Waals surface area contributed by atoms with E-state index < -0.39 is 6.04 Å². The molecule has 1 aromatic rings. The van der Waals surface area contributed by atoms with Gasteiger partial charge in [0.1, 0.15) is 6.04 Å². The van der Waals surface area contributed by atoms with Crippen LogP contribution < -0.4 is 10.6 Å². The van der Waals surface area contributed by atoms with Gasteiger partial charge in [-0.15, -0.1) is 0 Å². The number of nitrogens with one attached hydrogen (secondary N) is 2. The second-order valence-corrected chi connectivity index (χ2v) is 8.39. The number of likely N-dealkylation sites (tertiary alicyclic amines) is 1. The van der Waals surface area contributed by atoms with Crippen molar-refractivity contribution in [1.29, 1.82) is 0 Å². The lowest BCUT2D eigenvalue weighted by molar-refractivity contribution is -0.138.